The molecule has 1 aliphatic carbocycles. The number of rotatable bonds is 4. The molecule has 0 spiro atoms. The summed E-state index contributed by atoms with van der Waals surface area (Å²) < 4.78 is 1.86. The largest absolute Gasteiger partial charge is 0.327 e. The number of aromatic nitrogens is 2. The van der Waals surface area contributed by atoms with Gasteiger partial charge < -0.3 is 5.73 Å². The van der Waals surface area contributed by atoms with E-state index in [4.69, 9.17) is 5.73 Å². The van der Waals surface area contributed by atoms with Gasteiger partial charge in [-0.3, -0.25) is 4.68 Å². The summed E-state index contributed by atoms with van der Waals surface area (Å²) in [7, 11) is 1.96. The fraction of sp³-hybridized carbons (Fsp3) is 0.786. The molecule has 2 rings (SSSR count). The topological polar surface area (TPSA) is 43.8 Å². The SMILES string of the molecule is Cn1cc(CCC(N)C2CCCC2(C)C)cn1. The Bertz CT molecular complexity index is 367. The number of hydrogen-bond donors (Lipinski definition) is 1. The molecule has 1 aromatic rings. The predicted molar refractivity (Wildman–Crippen MR) is 70.6 cm³/mol. The van der Waals surface area contributed by atoms with Crippen molar-refractivity contribution in [2.45, 2.75) is 52.0 Å². The zero-order valence-electron chi connectivity index (χ0n) is 11.3. The summed E-state index contributed by atoms with van der Waals surface area (Å²) in [4.78, 5) is 0. The number of hydrogen-bond acceptors (Lipinski definition) is 2. The molecular formula is C14H25N3. The van der Waals surface area contributed by atoms with Gasteiger partial charge >= 0.3 is 0 Å². The minimum atomic E-state index is 0.340. The highest BCUT2D eigenvalue weighted by Gasteiger charge is 2.37. The fourth-order valence-corrected chi connectivity index (χ4v) is 3.28. The van der Waals surface area contributed by atoms with Crippen LogP contribution in [0, 0.1) is 11.3 Å². The Balaban J connectivity index is 1.87. The van der Waals surface area contributed by atoms with Crippen LogP contribution in [0.5, 0.6) is 0 Å². The average molecular weight is 235 g/mol. The van der Waals surface area contributed by atoms with Crippen LogP contribution in [0.15, 0.2) is 12.4 Å². The molecule has 17 heavy (non-hydrogen) atoms. The molecule has 2 N–H and O–H groups in total. The molecule has 0 amide bonds. The second-order valence-corrected chi connectivity index (χ2v) is 6.21. The first kappa shape index (κ1) is 12.6. The maximum Gasteiger partial charge on any atom is 0.0521 e. The molecule has 3 heteroatoms. The molecule has 1 aromatic heterocycles. The number of nitrogens with two attached hydrogens (primary N) is 1. The Kier molecular flexibility index (Phi) is 3.57. The Morgan fingerprint density at radius 3 is 2.88 bits per heavy atom. The van der Waals surface area contributed by atoms with Crippen molar-refractivity contribution in [2.24, 2.45) is 24.1 Å². The van der Waals surface area contributed by atoms with Gasteiger partial charge in [0, 0.05) is 19.3 Å². The van der Waals surface area contributed by atoms with E-state index in [9.17, 15) is 0 Å². The number of nitrogens with zero attached hydrogens (tertiary/aromatic N) is 2. The summed E-state index contributed by atoms with van der Waals surface area (Å²) in [6, 6.07) is 0.340. The number of aryl methyl sites for hydroxylation is 2. The molecule has 0 bridgehead atoms. The first-order valence-corrected chi connectivity index (χ1v) is 6.72. The third kappa shape index (κ3) is 2.89. The molecule has 1 fully saturated rings. The fourth-order valence-electron chi connectivity index (χ4n) is 3.28. The molecule has 2 unspecified atom stereocenters. The van der Waals surface area contributed by atoms with E-state index < -0.39 is 0 Å². The summed E-state index contributed by atoms with van der Waals surface area (Å²) in [6.07, 6.45) is 10.2. The predicted octanol–water partition coefficient (Wildman–Crippen LogP) is 2.51. The molecule has 0 aliphatic heterocycles. The van der Waals surface area contributed by atoms with Gasteiger partial charge in [0.2, 0.25) is 0 Å². The molecule has 0 aromatic carbocycles. The van der Waals surface area contributed by atoms with Gasteiger partial charge in [-0.05, 0) is 42.6 Å². The van der Waals surface area contributed by atoms with E-state index in [-0.39, 0.29) is 0 Å². The van der Waals surface area contributed by atoms with Crippen molar-refractivity contribution in [3.8, 4) is 0 Å². The van der Waals surface area contributed by atoms with E-state index in [2.05, 4.69) is 25.1 Å². The van der Waals surface area contributed by atoms with Crippen molar-refractivity contribution in [3.63, 3.8) is 0 Å². The van der Waals surface area contributed by atoms with E-state index in [1.807, 2.05) is 17.9 Å². The van der Waals surface area contributed by atoms with E-state index in [0.29, 0.717) is 17.4 Å². The summed E-state index contributed by atoms with van der Waals surface area (Å²) in [5.74, 6) is 0.694. The van der Waals surface area contributed by atoms with Gasteiger partial charge in [-0.25, -0.2) is 0 Å². The zero-order valence-corrected chi connectivity index (χ0v) is 11.3. The van der Waals surface area contributed by atoms with Crippen LogP contribution in [0.2, 0.25) is 0 Å². The molecule has 96 valence electrons. The van der Waals surface area contributed by atoms with Crippen molar-refractivity contribution in [3.05, 3.63) is 18.0 Å². The first-order chi connectivity index (χ1) is 7.99. The van der Waals surface area contributed by atoms with Crippen molar-refractivity contribution < 1.29 is 0 Å². The first-order valence-electron chi connectivity index (χ1n) is 6.72. The van der Waals surface area contributed by atoms with E-state index >= 15 is 0 Å². The van der Waals surface area contributed by atoms with Gasteiger partial charge in [0.15, 0.2) is 0 Å². The third-order valence-electron chi connectivity index (χ3n) is 4.38. The highest BCUT2D eigenvalue weighted by molar-refractivity contribution is 5.04. The molecule has 0 saturated heterocycles. The Morgan fingerprint density at radius 1 is 1.59 bits per heavy atom. The van der Waals surface area contributed by atoms with Gasteiger partial charge in [-0.1, -0.05) is 20.3 Å². The lowest BCUT2D eigenvalue weighted by Crippen LogP contribution is -2.36. The summed E-state index contributed by atoms with van der Waals surface area (Å²) in [5, 5.41) is 4.20. The van der Waals surface area contributed by atoms with Crippen LogP contribution in [0.1, 0.15) is 45.1 Å². The summed E-state index contributed by atoms with van der Waals surface area (Å²) in [6.45, 7) is 4.74. The Hall–Kier alpha value is -0.830. The van der Waals surface area contributed by atoms with Gasteiger partial charge in [0.25, 0.3) is 0 Å². The quantitative estimate of drug-likeness (QED) is 0.871. The van der Waals surface area contributed by atoms with Crippen LogP contribution in [0.4, 0.5) is 0 Å². The highest BCUT2D eigenvalue weighted by atomic mass is 15.2. The smallest absolute Gasteiger partial charge is 0.0521 e. The van der Waals surface area contributed by atoms with E-state index in [0.717, 1.165) is 12.8 Å². The lowest BCUT2D eigenvalue weighted by Gasteiger charge is -2.32. The van der Waals surface area contributed by atoms with Gasteiger partial charge in [-0.15, -0.1) is 0 Å². The zero-order chi connectivity index (χ0) is 12.5. The second kappa shape index (κ2) is 4.81. The van der Waals surface area contributed by atoms with Crippen molar-refractivity contribution in [2.75, 3.05) is 0 Å². The van der Waals surface area contributed by atoms with Crippen molar-refractivity contribution in [1.29, 1.82) is 0 Å². The molecule has 3 nitrogen and oxygen atoms in total. The van der Waals surface area contributed by atoms with Gasteiger partial charge in [-0.2, -0.15) is 5.10 Å². The van der Waals surface area contributed by atoms with Crippen molar-refractivity contribution >= 4 is 0 Å². The molecule has 0 radical (unpaired) electrons. The minimum absolute atomic E-state index is 0.340. The van der Waals surface area contributed by atoms with Crippen LogP contribution in [0.25, 0.3) is 0 Å². The monoisotopic (exact) mass is 235 g/mol. The third-order valence-corrected chi connectivity index (χ3v) is 4.38. The second-order valence-electron chi connectivity index (χ2n) is 6.21. The summed E-state index contributed by atoms with van der Waals surface area (Å²) in [5.41, 5.74) is 8.13. The van der Waals surface area contributed by atoms with Gasteiger partial charge in [0.1, 0.15) is 0 Å². The van der Waals surface area contributed by atoms with Crippen LogP contribution < -0.4 is 5.73 Å². The molecular weight excluding hydrogens is 210 g/mol. The normalized spacial score (nSPS) is 25.1. The minimum Gasteiger partial charge on any atom is -0.327 e. The maximum atomic E-state index is 6.38. The lowest BCUT2D eigenvalue weighted by molar-refractivity contribution is 0.214. The molecule has 1 heterocycles. The van der Waals surface area contributed by atoms with Crippen LogP contribution in [-0.4, -0.2) is 15.8 Å². The lowest BCUT2D eigenvalue weighted by atomic mass is 9.76. The van der Waals surface area contributed by atoms with Crippen molar-refractivity contribution in [1.82, 2.24) is 9.78 Å². The average Bonchev–Trinajstić information content (AvgIpc) is 2.81. The van der Waals surface area contributed by atoms with Crippen LogP contribution in [-0.2, 0) is 13.5 Å². The standard InChI is InChI=1S/C14H25N3/c1-14(2)8-4-5-12(14)13(15)7-6-11-9-16-17(3)10-11/h9-10,12-13H,4-8,15H2,1-3H3. The van der Waals surface area contributed by atoms with Crippen LogP contribution >= 0.6 is 0 Å². The van der Waals surface area contributed by atoms with Gasteiger partial charge in [0.05, 0.1) is 6.20 Å². The Labute approximate surface area is 104 Å². The van der Waals surface area contributed by atoms with E-state index in [1.54, 1.807) is 0 Å². The molecule has 1 saturated carbocycles. The van der Waals surface area contributed by atoms with E-state index in [1.165, 1.54) is 24.8 Å². The highest BCUT2D eigenvalue weighted by Crippen LogP contribution is 2.44. The molecule has 2 atom stereocenters. The maximum absolute atomic E-state index is 6.38. The van der Waals surface area contributed by atoms with Crippen LogP contribution in [0.3, 0.4) is 0 Å². The molecule has 1 aliphatic rings. The summed E-state index contributed by atoms with van der Waals surface area (Å²) >= 11 is 0. The Morgan fingerprint density at radius 2 is 2.35 bits per heavy atom.